The van der Waals surface area contributed by atoms with Crippen molar-refractivity contribution in [1.82, 2.24) is 9.62 Å². The fraction of sp³-hybridized carbons (Fsp3) is 0.333. The number of rotatable bonds is 8. The molecule has 2 rings (SSSR count). The van der Waals surface area contributed by atoms with Crippen molar-refractivity contribution in [3.8, 4) is 11.5 Å². The number of benzene rings is 2. The summed E-state index contributed by atoms with van der Waals surface area (Å²) in [6, 6.07) is 12.6. The molecule has 25 heavy (non-hydrogen) atoms. The van der Waals surface area contributed by atoms with E-state index in [1.807, 2.05) is 30.3 Å². The lowest BCUT2D eigenvalue weighted by Crippen LogP contribution is -2.22. The van der Waals surface area contributed by atoms with Crippen molar-refractivity contribution in [2.75, 3.05) is 28.3 Å². The van der Waals surface area contributed by atoms with Crippen LogP contribution in [0.15, 0.2) is 47.4 Å². The average Bonchev–Trinajstić information content (AvgIpc) is 2.62. The lowest BCUT2D eigenvalue weighted by molar-refractivity contribution is 0.390. The Morgan fingerprint density at radius 1 is 0.960 bits per heavy atom. The molecule has 0 atom stereocenters. The predicted molar refractivity (Wildman–Crippen MR) is 97.4 cm³/mol. The van der Waals surface area contributed by atoms with Crippen LogP contribution >= 0.6 is 0 Å². The number of nitrogens with zero attached hydrogens (tertiary/aromatic N) is 1. The molecule has 0 radical (unpaired) electrons. The maximum atomic E-state index is 12.1. The predicted octanol–water partition coefficient (Wildman–Crippen LogP) is 2.24. The van der Waals surface area contributed by atoms with Gasteiger partial charge in [-0.1, -0.05) is 18.2 Å². The number of hydrogen-bond acceptors (Lipinski definition) is 5. The Morgan fingerprint density at radius 2 is 1.64 bits per heavy atom. The van der Waals surface area contributed by atoms with E-state index in [0.29, 0.717) is 13.1 Å². The molecule has 0 spiro atoms. The summed E-state index contributed by atoms with van der Waals surface area (Å²) >= 11 is 0. The highest BCUT2D eigenvalue weighted by atomic mass is 32.2. The molecule has 2 aromatic carbocycles. The molecule has 0 aliphatic heterocycles. The van der Waals surface area contributed by atoms with Crippen LogP contribution in [0, 0.1) is 0 Å². The Hall–Kier alpha value is -2.09. The number of methoxy groups -OCH3 is 2. The maximum absolute atomic E-state index is 12.1. The van der Waals surface area contributed by atoms with Crippen LogP contribution < -0.4 is 14.8 Å². The van der Waals surface area contributed by atoms with E-state index in [1.165, 1.54) is 18.4 Å². The van der Waals surface area contributed by atoms with Gasteiger partial charge in [-0.3, -0.25) is 0 Å². The van der Waals surface area contributed by atoms with Gasteiger partial charge in [0.25, 0.3) is 0 Å². The Balaban J connectivity index is 1.99. The summed E-state index contributed by atoms with van der Waals surface area (Å²) < 4.78 is 35.9. The summed E-state index contributed by atoms with van der Waals surface area (Å²) in [4.78, 5) is 0.290. The quantitative estimate of drug-likeness (QED) is 0.778. The first-order valence-corrected chi connectivity index (χ1v) is 9.25. The molecule has 0 saturated carbocycles. The van der Waals surface area contributed by atoms with Crippen molar-refractivity contribution < 1.29 is 17.9 Å². The Labute approximate surface area is 149 Å². The summed E-state index contributed by atoms with van der Waals surface area (Å²) in [5, 5.41) is 3.33. The van der Waals surface area contributed by atoms with E-state index in [9.17, 15) is 8.42 Å². The van der Waals surface area contributed by atoms with Gasteiger partial charge in [0.05, 0.1) is 19.1 Å². The molecule has 0 aliphatic rings. The highest BCUT2D eigenvalue weighted by molar-refractivity contribution is 7.89. The van der Waals surface area contributed by atoms with Gasteiger partial charge in [0.2, 0.25) is 10.0 Å². The molecule has 7 heteroatoms. The summed E-state index contributed by atoms with van der Waals surface area (Å²) in [6.07, 6.45) is 0. The normalized spacial score (nSPS) is 11.6. The zero-order valence-electron chi connectivity index (χ0n) is 14.9. The van der Waals surface area contributed by atoms with Gasteiger partial charge in [0.1, 0.15) is 11.5 Å². The highest BCUT2D eigenvalue weighted by Crippen LogP contribution is 2.24. The van der Waals surface area contributed by atoms with Gasteiger partial charge in [-0.25, -0.2) is 12.7 Å². The number of hydrogen-bond donors (Lipinski definition) is 1. The fourth-order valence-electron chi connectivity index (χ4n) is 2.33. The smallest absolute Gasteiger partial charge is 0.242 e. The van der Waals surface area contributed by atoms with Gasteiger partial charge in [0, 0.05) is 38.8 Å². The van der Waals surface area contributed by atoms with Crippen LogP contribution in [0.5, 0.6) is 11.5 Å². The first-order valence-electron chi connectivity index (χ1n) is 7.81. The zero-order chi connectivity index (χ0) is 18.4. The number of ether oxygens (including phenoxy) is 2. The second kappa shape index (κ2) is 8.33. The van der Waals surface area contributed by atoms with Crippen molar-refractivity contribution >= 4 is 10.0 Å². The highest BCUT2D eigenvalue weighted by Gasteiger charge is 2.16. The van der Waals surface area contributed by atoms with Crippen LogP contribution in [-0.4, -0.2) is 41.0 Å². The van der Waals surface area contributed by atoms with Crippen LogP contribution in [0.4, 0.5) is 0 Å². The van der Waals surface area contributed by atoms with E-state index in [-0.39, 0.29) is 4.90 Å². The lowest BCUT2D eigenvalue weighted by atomic mass is 10.1. The van der Waals surface area contributed by atoms with Gasteiger partial charge in [-0.05, 0) is 23.8 Å². The average molecular weight is 364 g/mol. The van der Waals surface area contributed by atoms with Crippen molar-refractivity contribution in [2.24, 2.45) is 0 Å². The molecule has 0 fully saturated rings. The molecule has 0 aliphatic carbocycles. The van der Waals surface area contributed by atoms with Crippen LogP contribution in [0.25, 0.3) is 0 Å². The molecular formula is C18H24N2O4S. The van der Waals surface area contributed by atoms with E-state index in [4.69, 9.17) is 9.47 Å². The zero-order valence-corrected chi connectivity index (χ0v) is 15.8. The minimum atomic E-state index is -3.39. The van der Waals surface area contributed by atoms with Gasteiger partial charge in [-0.2, -0.15) is 0 Å². The van der Waals surface area contributed by atoms with E-state index >= 15 is 0 Å². The summed E-state index contributed by atoms with van der Waals surface area (Å²) in [5.41, 5.74) is 2.03. The van der Waals surface area contributed by atoms with E-state index in [0.717, 1.165) is 22.6 Å². The lowest BCUT2D eigenvalue weighted by Gasteiger charge is -2.13. The molecule has 0 aromatic heterocycles. The van der Waals surface area contributed by atoms with Crippen LogP contribution in [0.3, 0.4) is 0 Å². The second-order valence-electron chi connectivity index (χ2n) is 5.71. The molecule has 0 unspecified atom stereocenters. The Bertz CT molecular complexity index is 802. The Kier molecular flexibility index (Phi) is 6.41. The van der Waals surface area contributed by atoms with Gasteiger partial charge in [-0.15, -0.1) is 0 Å². The standard InChI is InChI=1S/C18H24N2O4S/c1-20(2)25(21,22)17-9-5-14(6-10-17)12-19-13-15-7-8-16(23-3)11-18(15)24-4/h5-11,19H,12-13H2,1-4H3. The van der Waals surface area contributed by atoms with Crippen LogP contribution in [0.2, 0.25) is 0 Å². The number of sulfonamides is 1. The first-order chi connectivity index (χ1) is 11.9. The molecule has 1 N–H and O–H groups in total. The molecule has 0 bridgehead atoms. The summed E-state index contributed by atoms with van der Waals surface area (Å²) in [6.45, 7) is 1.25. The minimum Gasteiger partial charge on any atom is -0.497 e. The SMILES string of the molecule is COc1ccc(CNCc2ccc(S(=O)(=O)N(C)C)cc2)c(OC)c1. The van der Waals surface area contributed by atoms with Crippen LogP contribution in [-0.2, 0) is 23.1 Å². The second-order valence-corrected chi connectivity index (χ2v) is 7.86. The van der Waals surface area contributed by atoms with Gasteiger partial charge < -0.3 is 14.8 Å². The monoisotopic (exact) mass is 364 g/mol. The summed E-state index contributed by atoms with van der Waals surface area (Å²) in [5.74, 6) is 1.51. The maximum Gasteiger partial charge on any atom is 0.242 e. The molecular weight excluding hydrogens is 340 g/mol. The van der Waals surface area contributed by atoms with Crippen LogP contribution in [0.1, 0.15) is 11.1 Å². The van der Waals surface area contributed by atoms with Gasteiger partial charge >= 0.3 is 0 Å². The van der Waals surface area contributed by atoms with E-state index in [1.54, 1.807) is 26.4 Å². The number of nitrogens with one attached hydrogen (secondary N) is 1. The molecule has 2 aromatic rings. The van der Waals surface area contributed by atoms with Crippen molar-refractivity contribution in [3.63, 3.8) is 0 Å². The third-order valence-corrected chi connectivity index (χ3v) is 5.67. The van der Waals surface area contributed by atoms with E-state index in [2.05, 4.69) is 5.32 Å². The third kappa shape index (κ3) is 4.72. The van der Waals surface area contributed by atoms with Crippen molar-refractivity contribution in [2.45, 2.75) is 18.0 Å². The molecule has 136 valence electrons. The largest absolute Gasteiger partial charge is 0.497 e. The van der Waals surface area contributed by atoms with Crippen molar-refractivity contribution in [1.29, 1.82) is 0 Å². The van der Waals surface area contributed by atoms with Gasteiger partial charge in [0.15, 0.2) is 0 Å². The molecule has 0 amide bonds. The van der Waals surface area contributed by atoms with E-state index < -0.39 is 10.0 Å². The first kappa shape index (κ1) is 19.2. The third-order valence-electron chi connectivity index (χ3n) is 3.84. The van der Waals surface area contributed by atoms with Crippen molar-refractivity contribution in [3.05, 3.63) is 53.6 Å². The molecule has 0 saturated heterocycles. The molecule has 6 nitrogen and oxygen atoms in total. The Morgan fingerprint density at radius 3 is 2.20 bits per heavy atom. The topological polar surface area (TPSA) is 67.9 Å². The molecule has 0 heterocycles. The summed E-state index contributed by atoms with van der Waals surface area (Å²) in [7, 11) is 2.90. The fourth-order valence-corrected chi connectivity index (χ4v) is 3.23. The minimum absolute atomic E-state index is 0.290.